The van der Waals surface area contributed by atoms with Crippen LogP contribution in [0.25, 0.3) is 11.0 Å². The van der Waals surface area contributed by atoms with Crippen molar-refractivity contribution in [1.29, 1.82) is 0 Å². The van der Waals surface area contributed by atoms with E-state index in [1.807, 2.05) is 25.1 Å². The van der Waals surface area contributed by atoms with Crippen LogP contribution in [-0.2, 0) is 0 Å². The highest BCUT2D eigenvalue weighted by atomic mass is 16.1. The summed E-state index contributed by atoms with van der Waals surface area (Å²) in [5.41, 5.74) is 14.0. The van der Waals surface area contributed by atoms with Gasteiger partial charge in [0, 0.05) is 6.04 Å². The molecule has 0 bridgehead atoms. The van der Waals surface area contributed by atoms with Crippen molar-refractivity contribution in [3.63, 3.8) is 0 Å². The molecule has 0 aliphatic carbocycles. The maximum Gasteiger partial charge on any atom is 0.323 e. The van der Waals surface area contributed by atoms with Crippen LogP contribution in [0.15, 0.2) is 23.0 Å². The van der Waals surface area contributed by atoms with Crippen LogP contribution in [0.4, 0.5) is 0 Å². The number of hydrogen-bond donors (Lipinski definition) is 4. The molecule has 2 unspecified atom stereocenters. The summed E-state index contributed by atoms with van der Waals surface area (Å²) in [6, 6.07) is 5.56. The SMILES string of the molecule is CC(CN)C(N)c1ccc2[nH]c(=O)[nH]c2c1. The zero-order valence-electron chi connectivity index (χ0n) is 9.16. The van der Waals surface area contributed by atoms with E-state index in [2.05, 4.69) is 9.97 Å². The average molecular weight is 220 g/mol. The Balaban J connectivity index is 2.42. The molecule has 2 atom stereocenters. The van der Waals surface area contributed by atoms with Gasteiger partial charge in [-0.05, 0) is 30.2 Å². The molecule has 0 saturated heterocycles. The first-order chi connectivity index (χ1) is 7.61. The van der Waals surface area contributed by atoms with Crippen LogP contribution in [-0.4, -0.2) is 16.5 Å². The number of nitrogens with two attached hydrogens (primary N) is 2. The number of aromatic amines is 2. The number of imidazole rings is 1. The van der Waals surface area contributed by atoms with Crippen molar-refractivity contribution >= 4 is 11.0 Å². The van der Waals surface area contributed by atoms with E-state index in [0.717, 1.165) is 16.6 Å². The third-order valence-electron chi connectivity index (χ3n) is 2.91. The van der Waals surface area contributed by atoms with Gasteiger partial charge < -0.3 is 21.4 Å². The summed E-state index contributed by atoms with van der Waals surface area (Å²) in [4.78, 5) is 16.5. The van der Waals surface area contributed by atoms with Gasteiger partial charge in [0.05, 0.1) is 11.0 Å². The minimum absolute atomic E-state index is 0.104. The van der Waals surface area contributed by atoms with Crippen LogP contribution in [0.2, 0.25) is 0 Å². The highest BCUT2D eigenvalue weighted by molar-refractivity contribution is 5.75. The van der Waals surface area contributed by atoms with E-state index < -0.39 is 0 Å². The van der Waals surface area contributed by atoms with E-state index in [-0.39, 0.29) is 17.6 Å². The Morgan fingerprint density at radius 2 is 2.00 bits per heavy atom. The van der Waals surface area contributed by atoms with Crippen molar-refractivity contribution in [2.45, 2.75) is 13.0 Å². The van der Waals surface area contributed by atoms with E-state index in [1.54, 1.807) is 0 Å². The van der Waals surface area contributed by atoms with Crippen LogP contribution in [0.1, 0.15) is 18.5 Å². The number of rotatable bonds is 3. The van der Waals surface area contributed by atoms with E-state index in [9.17, 15) is 4.79 Å². The Morgan fingerprint density at radius 1 is 1.31 bits per heavy atom. The zero-order chi connectivity index (χ0) is 11.7. The summed E-state index contributed by atoms with van der Waals surface area (Å²) in [5, 5.41) is 0. The van der Waals surface area contributed by atoms with Crippen molar-refractivity contribution in [3.8, 4) is 0 Å². The van der Waals surface area contributed by atoms with E-state index in [1.165, 1.54) is 0 Å². The molecule has 0 aliphatic heterocycles. The van der Waals surface area contributed by atoms with Gasteiger partial charge in [0.1, 0.15) is 0 Å². The first kappa shape index (κ1) is 10.9. The highest BCUT2D eigenvalue weighted by Gasteiger charge is 2.14. The minimum atomic E-state index is -0.201. The normalized spacial score (nSPS) is 15.2. The van der Waals surface area contributed by atoms with E-state index in [0.29, 0.717) is 6.54 Å². The maximum atomic E-state index is 11.1. The fraction of sp³-hybridized carbons (Fsp3) is 0.364. The monoisotopic (exact) mass is 220 g/mol. The summed E-state index contributed by atoms with van der Waals surface area (Å²) >= 11 is 0. The second-order valence-corrected chi connectivity index (χ2v) is 4.12. The van der Waals surface area contributed by atoms with Crippen molar-refractivity contribution < 1.29 is 0 Å². The van der Waals surface area contributed by atoms with Gasteiger partial charge in [0.25, 0.3) is 0 Å². The molecule has 6 N–H and O–H groups in total. The van der Waals surface area contributed by atoms with Crippen molar-refractivity contribution in [2.75, 3.05) is 6.54 Å². The lowest BCUT2D eigenvalue weighted by molar-refractivity contribution is 0.481. The second-order valence-electron chi connectivity index (χ2n) is 4.12. The van der Waals surface area contributed by atoms with Gasteiger partial charge in [-0.1, -0.05) is 13.0 Å². The van der Waals surface area contributed by atoms with Crippen LogP contribution >= 0.6 is 0 Å². The maximum absolute atomic E-state index is 11.1. The third kappa shape index (κ3) is 1.87. The molecule has 5 heteroatoms. The molecular formula is C11H16N4O. The Morgan fingerprint density at radius 3 is 2.69 bits per heavy atom. The number of fused-ring (bicyclic) bond motifs is 1. The molecule has 5 nitrogen and oxygen atoms in total. The lowest BCUT2D eigenvalue weighted by Crippen LogP contribution is -2.25. The van der Waals surface area contributed by atoms with Gasteiger partial charge in [-0.15, -0.1) is 0 Å². The predicted molar refractivity (Wildman–Crippen MR) is 64.1 cm³/mol. The Kier molecular flexibility index (Phi) is 2.80. The van der Waals surface area contributed by atoms with E-state index >= 15 is 0 Å². The Hall–Kier alpha value is -1.59. The van der Waals surface area contributed by atoms with Crippen LogP contribution in [0.3, 0.4) is 0 Å². The van der Waals surface area contributed by atoms with Gasteiger partial charge in [0.15, 0.2) is 0 Å². The van der Waals surface area contributed by atoms with Gasteiger partial charge in [-0.25, -0.2) is 4.79 Å². The summed E-state index contributed by atoms with van der Waals surface area (Å²) in [6.07, 6.45) is 0. The fourth-order valence-corrected chi connectivity index (χ4v) is 1.73. The van der Waals surface area contributed by atoms with Crippen LogP contribution < -0.4 is 17.2 Å². The van der Waals surface area contributed by atoms with Gasteiger partial charge >= 0.3 is 5.69 Å². The van der Waals surface area contributed by atoms with Crippen LogP contribution in [0.5, 0.6) is 0 Å². The van der Waals surface area contributed by atoms with Crippen LogP contribution in [0, 0.1) is 5.92 Å². The summed E-state index contributed by atoms with van der Waals surface area (Å²) in [6.45, 7) is 2.55. The first-order valence-electron chi connectivity index (χ1n) is 5.29. The molecule has 16 heavy (non-hydrogen) atoms. The van der Waals surface area contributed by atoms with Crippen molar-refractivity contribution in [3.05, 3.63) is 34.2 Å². The number of benzene rings is 1. The van der Waals surface area contributed by atoms with Gasteiger partial charge in [-0.2, -0.15) is 0 Å². The average Bonchev–Trinajstić information content (AvgIpc) is 2.65. The first-order valence-corrected chi connectivity index (χ1v) is 5.29. The van der Waals surface area contributed by atoms with Gasteiger partial charge in [0.2, 0.25) is 0 Å². The highest BCUT2D eigenvalue weighted by Crippen LogP contribution is 2.21. The number of aromatic nitrogens is 2. The lowest BCUT2D eigenvalue weighted by atomic mass is 9.95. The third-order valence-corrected chi connectivity index (χ3v) is 2.91. The topological polar surface area (TPSA) is 101 Å². The molecule has 0 radical (unpaired) electrons. The molecular weight excluding hydrogens is 204 g/mol. The smallest absolute Gasteiger partial charge is 0.323 e. The Labute approximate surface area is 92.8 Å². The lowest BCUT2D eigenvalue weighted by Gasteiger charge is -2.18. The van der Waals surface area contributed by atoms with Gasteiger partial charge in [-0.3, -0.25) is 0 Å². The fourth-order valence-electron chi connectivity index (χ4n) is 1.73. The van der Waals surface area contributed by atoms with Crippen molar-refractivity contribution in [2.24, 2.45) is 17.4 Å². The molecule has 0 amide bonds. The summed E-state index contributed by atoms with van der Waals surface area (Å²) in [5.74, 6) is 0.211. The standard InChI is InChI=1S/C11H16N4O/c1-6(5-12)10(13)7-2-3-8-9(4-7)15-11(16)14-8/h2-4,6,10H,5,12-13H2,1H3,(H2,14,15,16). The largest absolute Gasteiger partial charge is 0.330 e. The second kappa shape index (κ2) is 4.11. The van der Waals surface area contributed by atoms with E-state index in [4.69, 9.17) is 11.5 Å². The minimum Gasteiger partial charge on any atom is -0.330 e. The molecule has 2 rings (SSSR count). The number of nitrogens with one attached hydrogen (secondary N) is 2. The Bertz CT molecular complexity index is 542. The molecule has 0 saturated carbocycles. The predicted octanol–water partition coefficient (Wildman–Crippen LogP) is 0.451. The molecule has 2 aromatic rings. The van der Waals surface area contributed by atoms with Crippen molar-refractivity contribution in [1.82, 2.24) is 9.97 Å². The molecule has 0 spiro atoms. The molecule has 1 aromatic carbocycles. The number of hydrogen-bond acceptors (Lipinski definition) is 3. The molecule has 0 fully saturated rings. The molecule has 1 aromatic heterocycles. The summed E-state index contributed by atoms with van der Waals surface area (Å²) in [7, 11) is 0. The molecule has 0 aliphatic rings. The summed E-state index contributed by atoms with van der Waals surface area (Å²) < 4.78 is 0. The quantitative estimate of drug-likeness (QED) is 0.604. The number of H-pyrrole nitrogens is 2. The molecule has 1 heterocycles. The zero-order valence-corrected chi connectivity index (χ0v) is 9.16. The molecule has 86 valence electrons.